The monoisotopic (exact) mass is 191 g/mol. The maximum absolute atomic E-state index is 5.61. The molecule has 1 aliphatic rings. The van der Waals surface area contributed by atoms with Gasteiger partial charge in [0, 0.05) is 0 Å². The van der Waals surface area contributed by atoms with Gasteiger partial charge >= 0.3 is 0 Å². The molecule has 1 aliphatic heterocycles. The first-order valence-corrected chi connectivity index (χ1v) is 5.20. The van der Waals surface area contributed by atoms with Crippen LogP contribution in [-0.4, -0.2) is 12.6 Å². The summed E-state index contributed by atoms with van der Waals surface area (Å²) in [7, 11) is 0. The van der Waals surface area contributed by atoms with E-state index in [0.717, 1.165) is 18.0 Å². The average Bonchev–Trinajstić information content (AvgIpc) is 2.16. The number of anilines is 1. The summed E-state index contributed by atoms with van der Waals surface area (Å²) in [6, 6.07) is 6.80. The molecule has 0 amide bonds. The number of ether oxygens (including phenoxy) is 1. The fourth-order valence-corrected chi connectivity index (χ4v) is 1.67. The van der Waals surface area contributed by atoms with Crippen molar-refractivity contribution in [2.24, 2.45) is 0 Å². The summed E-state index contributed by atoms with van der Waals surface area (Å²) in [4.78, 5) is 0. The van der Waals surface area contributed by atoms with Gasteiger partial charge in [-0.2, -0.15) is 0 Å². The van der Waals surface area contributed by atoms with Crippen molar-refractivity contribution in [1.29, 1.82) is 0 Å². The maximum atomic E-state index is 5.61. The highest BCUT2D eigenvalue weighted by molar-refractivity contribution is 5.60. The van der Waals surface area contributed by atoms with Crippen LogP contribution in [0.25, 0.3) is 0 Å². The fourth-order valence-electron chi connectivity index (χ4n) is 1.67. The molecule has 1 aromatic carbocycles. The summed E-state index contributed by atoms with van der Waals surface area (Å²) in [6.07, 6.45) is 0. The minimum atomic E-state index is 0.407. The molecule has 1 N–H and O–H groups in total. The quantitative estimate of drug-likeness (QED) is 0.736. The van der Waals surface area contributed by atoms with Gasteiger partial charge in [-0.15, -0.1) is 0 Å². The molecule has 1 unspecified atom stereocenters. The molecule has 1 aromatic rings. The molecular weight excluding hydrogens is 174 g/mol. The molecule has 76 valence electrons. The van der Waals surface area contributed by atoms with Crippen LogP contribution in [0.4, 0.5) is 5.69 Å². The van der Waals surface area contributed by atoms with Gasteiger partial charge in [0.05, 0.1) is 11.7 Å². The lowest BCUT2D eigenvalue weighted by atomic mass is 10.0. The number of hydrogen-bond acceptors (Lipinski definition) is 2. The first-order valence-electron chi connectivity index (χ1n) is 5.20. The third-order valence-electron chi connectivity index (χ3n) is 2.56. The Hall–Kier alpha value is -1.18. The van der Waals surface area contributed by atoms with Crippen LogP contribution in [0.2, 0.25) is 0 Å². The number of fused-ring (bicyclic) bond motifs is 1. The van der Waals surface area contributed by atoms with E-state index in [9.17, 15) is 0 Å². The van der Waals surface area contributed by atoms with Gasteiger partial charge in [0.15, 0.2) is 0 Å². The predicted molar refractivity (Wildman–Crippen MR) is 59.1 cm³/mol. The van der Waals surface area contributed by atoms with Gasteiger partial charge in [-0.25, -0.2) is 0 Å². The molecule has 0 saturated heterocycles. The van der Waals surface area contributed by atoms with Gasteiger partial charge in [-0.1, -0.05) is 19.9 Å². The summed E-state index contributed by atoms with van der Waals surface area (Å²) in [5, 5.41) is 3.43. The third kappa shape index (κ3) is 1.69. The first kappa shape index (κ1) is 9.38. The van der Waals surface area contributed by atoms with Crippen molar-refractivity contribution in [2.75, 3.05) is 11.9 Å². The highest BCUT2D eigenvalue weighted by Crippen LogP contribution is 2.31. The van der Waals surface area contributed by atoms with Crippen LogP contribution in [0, 0.1) is 0 Å². The predicted octanol–water partition coefficient (Wildman–Crippen LogP) is 3.00. The van der Waals surface area contributed by atoms with Gasteiger partial charge in [0.1, 0.15) is 12.4 Å². The van der Waals surface area contributed by atoms with Crippen molar-refractivity contribution in [1.82, 2.24) is 0 Å². The summed E-state index contributed by atoms with van der Waals surface area (Å²) in [5.41, 5.74) is 2.49. The van der Waals surface area contributed by atoms with Crippen LogP contribution < -0.4 is 10.1 Å². The van der Waals surface area contributed by atoms with Crippen LogP contribution in [0.3, 0.4) is 0 Å². The molecule has 14 heavy (non-hydrogen) atoms. The molecule has 1 atom stereocenters. The summed E-state index contributed by atoms with van der Waals surface area (Å²) in [6.45, 7) is 7.29. The van der Waals surface area contributed by atoms with E-state index >= 15 is 0 Å². The van der Waals surface area contributed by atoms with Crippen molar-refractivity contribution in [3.8, 4) is 5.75 Å². The van der Waals surface area contributed by atoms with Crippen molar-refractivity contribution >= 4 is 5.69 Å². The Balaban J connectivity index is 2.33. The minimum Gasteiger partial charge on any atom is -0.489 e. The Morgan fingerprint density at radius 2 is 2.21 bits per heavy atom. The molecule has 0 bridgehead atoms. The summed E-state index contributed by atoms with van der Waals surface area (Å²) >= 11 is 0. The van der Waals surface area contributed by atoms with Gasteiger partial charge in [-0.05, 0) is 30.5 Å². The van der Waals surface area contributed by atoms with E-state index in [-0.39, 0.29) is 0 Å². The lowest BCUT2D eigenvalue weighted by molar-refractivity contribution is 0.292. The second-order valence-corrected chi connectivity index (χ2v) is 4.27. The van der Waals surface area contributed by atoms with E-state index in [4.69, 9.17) is 4.74 Å². The van der Waals surface area contributed by atoms with Crippen LogP contribution in [0.5, 0.6) is 5.75 Å². The molecule has 0 spiro atoms. The van der Waals surface area contributed by atoms with Gasteiger partial charge in [0.25, 0.3) is 0 Å². The van der Waals surface area contributed by atoms with Crippen LogP contribution in [0.15, 0.2) is 18.2 Å². The molecule has 0 aliphatic carbocycles. The molecular formula is C12H17NO. The van der Waals surface area contributed by atoms with E-state index in [1.165, 1.54) is 5.56 Å². The summed E-state index contributed by atoms with van der Waals surface area (Å²) < 4.78 is 5.61. The zero-order valence-electron chi connectivity index (χ0n) is 9.00. The Labute approximate surface area is 85.3 Å². The summed E-state index contributed by atoms with van der Waals surface area (Å²) in [5.74, 6) is 1.55. The van der Waals surface area contributed by atoms with E-state index in [1.54, 1.807) is 0 Å². The lowest BCUT2D eigenvalue weighted by Gasteiger charge is -2.25. The second kappa shape index (κ2) is 3.52. The van der Waals surface area contributed by atoms with Crippen LogP contribution in [0.1, 0.15) is 32.3 Å². The molecule has 2 nitrogen and oxygen atoms in total. The number of hydrogen-bond donors (Lipinski definition) is 1. The van der Waals surface area contributed by atoms with Crippen LogP contribution in [-0.2, 0) is 0 Å². The Kier molecular flexibility index (Phi) is 2.36. The zero-order chi connectivity index (χ0) is 10.1. The largest absolute Gasteiger partial charge is 0.489 e. The van der Waals surface area contributed by atoms with Gasteiger partial charge in [-0.3, -0.25) is 0 Å². The van der Waals surface area contributed by atoms with E-state index in [1.807, 2.05) is 0 Å². The number of rotatable bonds is 1. The Morgan fingerprint density at radius 3 is 2.93 bits per heavy atom. The molecule has 1 heterocycles. The molecule has 2 rings (SSSR count). The van der Waals surface area contributed by atoms with Crippen molar-refractivity contribution in [3.63, 3.8) is 0 Å². The minimum absolute atomic E-state index is 0.407. The lowest BCUT2D eigenvalue weighted by Crippen LogP contribution is -2.28. The van der Waals surface area contributed by atoms with E-state index in [0.29, 0.717) is 12.0 Å². The maximum Gasteiger partial charge on any atom is 0.142 e. The molecule has 0 radical (unpaired) electrons. The second-order valence-electron chi connectivity index (χ2n) is 4.27. The Bertz CT molecular complexity index is 333. The fraction of sp³-hybridized carbons (Fsp3) is 0.500. The first-order chi connectivity index (χ1) is 6.66. The number of benzene rings is 1. The highest BCUT2D eigenvalue weighted by Gasteiger charge is 2.15. The molecule has 2 heteroatoms. The van der Waals surface area contributed by atoms with Crippen LogP contribution >= 0.6 is 0 Å². The Morgan fingerprint density at radius 1 is 1.43 bits per heavy atom. The average molecular weight is 191 g/mol. The SMILES string of the molecule is CC1COc2ccc(C(C)C)cc2N1. The van der Waals surface area contributed by atoms with Crippen molar-refractivity contribution < 1.29 is 4.74 Å². The van der Waals surface area contributed by atoms with Gasteiger partial charge in [0.2, 0.25) is 0 Å². The zero-order valence-corrected chi connectivity index (χ0v) is 9.00. The van der Waals surface area contributed by atoms with Crippen molar-refractivity contribution in [2.45, 2.75) is 32.7 Å². The number of nitrogens with one attached hydrogen (secondary N) is 1. The highest BCUT2D eigenvalue weighted by atomic mass is 16.5. The van der Waals surface area contributed by atoms with Crippen molar-refractivity contribution in [3.05, 3.63) is 23.8 Å². The topological polar surface area (TPSA) is 21.3 Å². The normalized spacial score (nSPS) is 19.9. The van der Waals surface area contributed by atoms with E-state index in [2.05, 4.69) is 44.3 Å². The third-order valence-corrected chi connectivity index (χ3v) is 2.56. The van der Waals surface area contributed by atoms with Gasteiger partial charge < -0.3 is 10.1 Å². The molecule has 0 saturated carbocycles. The standard InChI is InChI=1S/C12H17NO/c1-8(2)10-4-5-12-11(6-10)13-9(3)7-14-12/h4-6,8-9,13H,7H2,1-3H3. The molecule has 0 aromatic heterocycles. The molecule has 0 fully saturated rings. The van der Waals surface area contributed by atoms with E-state index < -0.39 is 0 Å². The smallest absolute Gasteiger partial charge is 0.142 e.